The van der Waals surface area contributed by atoms with Crippen molar-refractivity contribution in [3.8, 4) is 22.3 Å². The van der Waals surface area contributed by atoms with Gasteiger partial charge in [-0.15, -0.1) is 0 Å². The Balaban J connectivity index is 0.953. The van der Waals surface area contributed by atoms with E-state index in [0.717, 1.165) is 17.6 Å². The molecule has 3 aliphatic rings. The molecule has 296 valence electrons. The minimum Gasteiger partial charge on any atom is -0.456 e. The van der Waals surface area contributed by atoms with E-state index in [4.69, 9.17) is 4.42 Å². The Morgan fingerprint density at radius 3 is 1.98 bits per heavy atom. The second kappa shape index (κ2) is 12.7. The molecular formula is C60H45NO. The van der Waals surface area contributed by atoms with Crippen molar-refractivity contribution >= 4 is 71.2 Å². The predicted molar refractivity (Wildman–Crippen MR) is 261 cm³/mol. The Kier molecular flexibility index (Phi) is 7.28. The summed E-state index contributed by atoms with van der Waals surface area (Å²) in [7, 11) is 0. The molecule has 0 saturated heterocycles. The molecule has 0 fully saturated rings. The summed E-state index contributed by atoms with van der Waals surface area (Å²) in [5.41, 5.74) is 17.6. The molecule has 0 saturated carbocycles. The van der Waals surface area contributed by atoms with Crippen LogP contribution in [-0.4, -0.2) is 0 Å². The molecule has 13 rings (SSSR count). The van der Waals surface area contributed by atoms with Crippen LogP contribution in [0.1, 0.15) is 56.4 Å². The molecule has 0 bridgehead atoms. The van der Waals surface area contributed by atoms with Crippen molar-refractivity contribution in [2.45, 2.75) is 44.9 Å². The summed E-state index contributed by atoms with van der Waals surface area (Å²) in [6.45, 7) is 9.63. The van der Waals surface area contributed by atoms with Crippen LogP contribution in [0.4, 0.5) is 11.4 Å². The summed E-state index contributed by atoms with van der Waals surface area (Å²) in [6.07, 6.45) is 5.76. The number of furan rings is 1. The van der Waals surface area contributed by atoms with Gasteiger partial charge in [0.1, 0.15) is 11.2 Å². The van der Waals surface area contributed by atoms with E-state index in [-0.39, 0.29) is 10.8 Å². The van der Waals surface area contributed by atoms with Gasteiger partial charge in [0.05, 0.1) is 0 Å². The van der Waals surface area contributed by atoms with Crippen LogP contribution in [-0.2, 0) is 10.8 Å². The van der Waals surface area contributed by atoms with E-state index < -0.39 is 0 Å². The number of anilines is 2. The number of fused-ring (bicyclic) bond motifs is 14. The smallest absolute Gasteiger partial charge is 0.136 e. The highest BCUT2D eigenvalue weighted by atomic mass is 16.3. The van der Waals surface area contributed by atoms with Crippen LogP contribution in [0.3, 0.4) is 0 Å². The highest BCUT2D eigenvalue weighted by Gasteiger charge is 2.44. The average molecular weight is 796 g/mol. The van der Waals surface area contributed by atoms with Crippen LogP contribution in [0.15, 0.2) is 192 Å². The molecule has 10 aromatic rings. The first-order valence-electron chi connectivity index (χ1n) is 22.1. The van der Waals surface area contributed by atoms with Crippen molar-refractivity contribution in [3.05, 3.63) is 210 Å². The van der Waals surface area contributed by atoms with Gasteiger partial charge in [-0.3, -0.25) is 0 Å². The molecule has 0 aliphatic heterocycles. The zero-order valence-electron chi connectivity index (χ0n) is 35.5. The minimum absolute atomic E-state index is 0.0261. The van der Waals surface area contributed by atoms with Gasteiger partial charge in [-0.05, 0) is 149 Å². The number of rotatable bonds is 4. The fourth-order valence-corrected chi connectivity index (χ4v) is 11.8. The van der Waals surface area contributed by atoms with E-state index >= 15 is 0 Å². The lowest BCUT2D eigenvalue weighted by atomic mass is 9.73. The Labute approximate surface area is 362 Å². The van der Waals surface area contributed by atoms with E-state index in [1.54, 1.807) is 0 Å². The molecule has 1 heterocycles. The van der Waals surface area contributed by atoms with Gasteiger partial charge in [0.15, 0.2) is 0 Å². The topological polar surface area (TPSA) is 16.4 Å². The molecule has 3 aliphatic carbocycles. The molecule has 1 unspecified atom stereocenters. The molecule has 1 aromatic heterocycles. The summed E-state index contributed by atoms with van der Waals surface area (Å²) in [6, 6.07) is 63.2. The zero-order valence-corrected chi connectivity index (χ0v) is 35.5. The third kappa shape index (κ3) is 4.92. The number of benzene rings is 9. The van der Waals surface area contributed by atoms with Gasteiger partial charge in [0.25, 0.3) is 0 Å². The second-order valence-electron chi connectivity index (χ2n) is 18.9. The summed E-state index contributed by atoms with van der Waals surface area (Å²) in [4.78, 5) is 2.55. The Bertz CT molecular complexity index is 3630. The lowest BCUT2D eigenvalue weighted by molar-refractivity contribution is 0.406. The maximum absolute atomic E-state index is 6.66. The van der Waals surface area contributed by atoms with Gasteiger partial charge >= 0.3 is 0 Å². The third-order valence-corrected chi connectivity index (χ3v) is 14.9. The van der Waals surface area contributed by atoms with Gasteiger partial charge in [-0.25, -0.2) is 0 Å². The second-order valence-corrected chi connectivity index (χ2v) is 18.9. The molecular weight excluding hydrogens is 751 g/mol. The largest absolute Gasteiger partial charge is 0.456 e. The van der Waals surface area contributed by atoms with E-state index in [0.29, 0.717) is 5.92 Å². The molecule has 2 heteroatoms. The quantitative estimate of drug-likeness (QED) is 0.176. The van der Waals surface area contributed by atoms with Crippen LogP contribution >= 0.6 is 0 Å². The van der Waals surface area contributed by atoms with Crippen molar-refractivity contribution in [1.29, 1.82) is 0 Å². The van der Waals surface area contributed by atoms with Crippen LogP contribution in [0.2, 0.25) is 0 Å². The van der Waals surface area contributed by atoms with Gasteiger partial charge in [-0.2, -0.15) is 0 Å². The molecule has 0 radical (unpaired) electrons. The maximum atomic E-state index is 6.66. The fourth-order valence-electron chi connectivity index (χ4n) is 11.8. The van der Waals surface area contributed by atoms with Crippen molar-refractivity contribution in [3.63, 3.8) is 0 Å². The van der Waals surface area contributed by atoms with Crippen LogP contribution < -0.4 is 4.90 Å². The monoisotopic (exact) mass is 795 g/mol. The number of nitrogens with zero attached hydrogens (tertiary/aromatic N) is 1. The first-order valence-corrected chi connectivity index (χ1v) is 22.1. The summed E-state index contributed by atoms with van der Waals surface area (Å²) >= 11 is 0. The van der Waals surface area contributed by atoms with Crippen LogP contribution in [0, 0.1) is 5.92 Å². The van der Waals surface area contributed by atoms with Crippen molar-refractivity contribution < 1.29 is 4.42 Å². The van der Waals surface area contributed by atoms with Crippen LogP contribution in [0.25, 0.3) is 82.1 Å². The predicted octanol–water partition coefficient (Wildman–Crippen LogP) is 16.4. The van der Waals surface area contributed by atoms with Gasteiger partial charge in [-0.1, -0.05) is 161 Å². The Morgan fingerprint density at radius 1 is 0.468 bits per heavy atom. The number of hydrogen-bond donors (Lipinski definition) is 0. The van der Waals surface area contributed by atoms with Crippen molar-refractivity contribution in [2.24, 2.45) is 5.92 Å². The van der Waals surface area contributed by atoms with Crippen molar-refractivity contribution in [2.75, 3.05) is 4.90 Å². The minimum atomic E-state index is -0.0974. The lowest BCUT2D eigenvalue weighted by Crippen LogP contribution is -2.29. The standard InChI is InChI=1S/C60H45NO/c1-59(2)51-19-11-9-16-45(51)47-28-26-41(33-53(47)59)61(42-27-29-48-46-17-10-12-20-52(46)60(3,4)54(48)34-42)40-25-23-37-31-39(22-21-38(37)32-40)50-35-56-58(49-18-8-7-15-44(49)50)57-43-14-6-5-13-36(43)24-30-55(57)62-56/h5-33,35,54H,34H2,1-4H3. The SMILES string of the molecule is CC1(C)c2ccccc2-c2ccc(N(C3=CC=C4c5ccccc5C(C)(C)C4C3)c3ccc4cc(-c5cc6oc7ccc8ccccc8c7c6c6ccccc56)ccc4c3)cc21. The van der Waals surface area contributed by atoms with Gasteiger partial charge in [0.2, 0.25) is 0 Å². The summed E-state index contributed by atoms with van der Waals surface area (Å²) in [5.74, 6) is 0.387. The average Bonchev–Trinajstić information content (AvgIpc) is 3.88. The van der Waals surface area contributed by atoms with Gasteiger partial charge in [0, 0.05) is 33.3 Å². The Hall–Kier alpha value is -7.16. The van der Waals surface area contributed by atoms with E-state index in [1.165, 1.54) is 110 Å². The maximum Gasteiger partial charge on any atom is 0.136 e. The highest BCUT2D eigenvalue weighted by molar-refractivity contribution is 6.28. The van der Waals surface area contributed by atoms with E-state index in [2.05, 4.69) is 215 Å². The molecule has 0 spiro atoms. The first kappa shape index (κ1) is 35.6. The molecule has 62 heavy (non-hydrogen) atoms. The first-order chi connectivity index (χ1) is 30.2. The normalized spacial score (nSPS) is 16.9. The lowest BCUT2D eigenvalue weighted by Gasteiger charge is -2.36. The van der Waals surface area contributed by atoms with Crippen molar-refractivity contribution in [1.82, 2.24) is 0 Å². The number of hydrogen-bond acceptors (Lipinski definition) is 2. The Morgan fingerprint density at radius 2 is 1.11 bits per heavy atom. The third-order valence-electron chi connectivity index (χ3n) is 14.9. The fraction of sp³-hybridized carbons (Fsp3) is 0.133. The molecule has 2 nitrogen and oxygen atoms in total. The number of allylic oxidation sites excluding steroid dienone is 4. The molecule has 9 aromatic carbocycles. The highest BCUT2D eigenvalue weighted by Crippen LogP contribution is 2.56. The van der Waals surface area contributed by atoms with E-state index in [9.17, 15) is 0 Å². The molecule has 0 N–H and O–H groups in total. The van der Waals surface area contributed by atoms with E-state index in [1.807, 2.05) is 0 Å². The summed E-state index contributed by atoms with van der Waals surface area (Å²) in [5, 5.41) is 9.70. The molecule has 0 amide bonds. The van der Waals surface area contributed by atoms with Gasteiger partial charge < -0.3 is 9.32 Å². The van der Waals surface area contributed by atoms with Crippen LogP contribution in [0.5, 0.6) is 0 Å². The molecule has 1 atom stereocenters. The zero-order chi connectivity index (χ0) is 41.5. The summed E-state index contributed by atoms with van der Waals surface area (Å²) < 4.78 is 6.66.